The fourth-order valence-electron chi connectivity index (χ4n) is 5.42. The number of amides is 1. The topological polar surface area (TPSA) is 118 Å². The van der Waals surface area contributed by atoms with Crippen LogP contribution in [0.25, 0.3) is 22.3 Å². The quantitative estimate of drug-likeness (QED) is 0.447. The summed E-state index contributed by atoms with van der Waals surface area (Å²) in [4.78, 5) is 29.1. The summed E-state index contributed by atoms with van der Waals surface area (Å²) in [5, 5.41) is 3.61. The number of aromatic nitrogens is 3. The molecule has 0 spiro atoms. The zero-order valence-electron chi connectivity index (χ0n) is 23.0. The Balaban J connectivity index is 1.29. The summed E-state index contributed by atoms with van der Waals surface area (Å²) in [7, 11) is -4.70. The zero-order valence-corrected chi connectivity index (χ0v) is 23.9. The van der Waals surface area contributed by atoms with Crippen LogP contribution in [0.15, 0.2) is 42.6 Å². The van der Waals surface area contributed by atoms with E-state index in [-0.39, 0.29) is 37.6 Å². The molecule has 3 aromatic rings. The molecule has 0 unspecified atom stereocenters. The molecule has 2 fully saturated rings. The molecule has 41 heavy (non-hydrogen) atoms. The molecule has 0 saturated carbocycles. The lowest BCUT2D eigenvalue weighted by atomic mass is 10.1. The highest BCUT2D eigenvalue weighted by Gasteiger charge is 2.35. The lowest BCUT2D eigenvalue weighted by Crippen LogP contribution is -2.46. The van der Waals surface area contributed by atoms with Crippen LogP contribution in [0.5, 0.6) is 0 Å². The smallest absolute Gasteiger partial charge is 0.350 e. The number of morpholine rings is 1. The Morgan fingerprint density at radius 2 is 1.83 bits per heavy atom. The number of nitrogens with zero attached hydrogens (tertiary/aromatic N) is 5. The molecule has 0 aliphatic carbocycles. The number of sulfonamides is 1. The SMILES string of the molecule is C[C@@H]1CN(c2cccc(-c3ccc4cnc(CC(=O)N[C@@H]5CCCCN(S(=O)(=O)C(F)F)C5)cc4n3)n2)C[C@H](C)O1. The van der Waals surface area contributed by atoms with Crippen LogP contribution in [0.4, 0.5) is 14.6 Å². The van der Waals surface area contributed by atoms with Crippen LogP contribution in [0.2, 0.25) is 0 Å². The van der Waals surface area contributed by atoms with E-state index < -0.39 is 21.8 Å². The molecule has 5 heterocycles. The molecule has 1 amide bonds. The van der Waals surface area contributed by atoms with E-state index in [1.54, 1.807) is 12.3 Å². The molecule has 10 nitrogen and oxygen atoms in total. The molecule has 0 bridgehead atoms. The molecule has 5 rings (SSSR count). The van der Waals surface area contributed by atoms with Gasteiger partial charge in [-0.1, -0.05) is 12.5 Å². The molecule has 2 saturated heterocycles. The van der Waals surface area contributed by atoms with Crippen molar-refractivity contribution < 1.29 is 26.7 Å². The summed E-state index contributed by atoms with van der Waals surface area (Å²) < 4.78 is 56.7. The zero-order chi connectivity index (χ0) is 29.1. The number of pyridine rings is 3. The van der Waals surface area contributed by atoms with E-state index in [2.05, 4.69) is 15.2 Å². The maximum atomic E-state index is 13.1. The molecule has 0 aromatic carbocycles. The predicted molar refractivity (Wildman–Crippen MR) is 151 cm³/mol. The molecule has 13 heteroatoms. The molecule has 2 aliphatic rings. The molecule has 3 atom stereocenters. The Morgan fingerprint density at radius 1 is 1.07 bits per heavy atom. The number of fused-ring (bicyclic) bond motifs is 1. The van der Waals surface area contributed by atoms with Crippen molar-refractivity contribution in [3.63, 3.8) is 0 Å². The van der Waals surface area contributed by atoms with Gasteiger partial charge in [-0.25, -0.2) is 18.4 Å². The number of nitrogens with one attached hydrogen (secondary N) is 1. The van der Waals surface area contributed by atoms with Gasteiger partial charge in [-0.05, 0) is 57.0 Å². The molecule has 2 aliphatic heterocycles. The first-order valence-corrected chi connectivity index (χ1v) is 15.3. The summed E-state index contributed by atoms with van der Waals surface area (Å²) in [6, 6.07) is 10.8. The number of hydrogen-bond acceptors (Lipinski definition) is 8. The lowest BCUT2D eigenvalue weighted by Gasteiger charge is -2.36. The second-order valence-electron chi connectivity index (χ2n) is 10.7. The van der Waals surface area contributed by atoms with Crippen LogP contribution < -0.4 is 10.2 Å². The first kappa shape index (κ1) is 29.2. The number of ether oxygens (including phenoxy) is 1. The first-order valence-electron chi connectivity index (χ1n) is 13.8. The Hall–Kier alpha value is -3.29. The summed E-state index contributed by atoms with van der Waals surface area (Å²) in [6.45, 7) is 5.44. The van der Waals surface area contributed by atoms with Gasteiger partial charge in [-0.3, -0.25) is 9.78 Å². The standard InChI is InChI=1S/C28H34F2N6O4S/c1-18-15-35(16-19(2)40-18)26-8-5-7-23(34-26)24-10-9-20-14-31-22(12-25(20)33-24)13-27(37)32-21-6-3-4-11-36(17-21)41(38,39)28(29)30/h5,7-10,12,14,18-19,21,28H,3-4,6,11,13,15-17H2,1-2H3,(H,32,37)/t18-,19+,21-/m1/s1. The largest absolute Gasteiger partial charge is 0.372 e. The fourth-order valence-corrected chi connectivity index (χ4v) is 6.41. The molecule has 0 radical (unpaired) electrons. The van der Waals surface area contributed by atoms with Gasteiger partial charge < -0.3 is 15.0 Å². The van der Waals surface area contributed by atoms with Crippen molar-refractivity contribution in [1.82, 2.24) is 24.6 Å². The number of alkyl halides is 2. The summed E-state index contributed by atoms with van der Waals surface area (Å²) in [5.74, 6) is -2.99. The van der Waals surface area contributed by atoms with E-state index in [0.717, 1.165) is 34.3 Å². The van der Waals surface area contributed by atoms with E-state index in [4.69, 9.17) is 14.7 Å². The van der Waals surface area contributed by atoms with E-state index >= 15 is 0 Å². The number of carbonyl (C=O) groups excluding carboxylic acids is 1. The molecule has 1 N–H and O–H groups in total. The van der Waals surface area contributed by atoms with Gasteiger partial charge in [-0.15, -0.1) is 0 Å². The third kappa shape index (κ3) is 6.96. The van der Waals surface area contributed by atoms with E-state index in [1.165, 1.54) is 0 Å². The average molecular weight is 589 g/mol. The van der Waals surface area contributed by atoms with Crippen LogP contribution in [0.3, 0.4) is 0 Å². The van der Waals surface area contributed by atoms with E-state index in [0.29, 0.717) is 36.2 Å². The van der Waals surface area contributed by atoms with Gasteiger partial charge >= 0.3 is 5.76 Å². The maximum Gasteiger partial charge on any atom is 0.350 e. The highest BCUT2D eigenvalue weighted by molar-refractivity contribution is 7.89. The Kier molecular flexibility index (Phi) is 8.76. The Labute approximate surface area is 238 Å². The van der Waals surface area contributed by atoms with Crippen LogP contribution >= 0.6 is 0 Å². The first-order chi connectivity index (χ1) is 19.6. The van der Waals surface area contributed by atoms with Crippen molar-refractivity contribution in [3.05, 3.63) is 48.3 Å². The normalized spacial score (nSPS) is 22.6. The second-order valence-corrected chi connectivity index (χ2v) is 12.6. The number of hydrogen-bond donors (Lipinski definition) is 1. The summed E-state index contributed by atoms with van der Waals surface area (Å²) in [5.41, 5.74) is 2.56. The predicted octanol–water partition coefficient (Wildman–Crippen LogP) is 3.37. The van der Waals surface area contributed by atoms with Crippen LogP contribution in [0.1, 0.15) is 38.8 Å². The third-order valence-corrected chi connectivity index (χ3v) is 8.80. The van der Waals surface area contributed by atoms with E-state index in [9.17, 15) is 22.0 Å². The highest BCUT2D eigenvalue weighted by atomic mass is 32.2. The maximum absolute atomic E-state index is 13.1. The monoisotopic (exact) mass is 588 g/mol. The van der Waals surface area contributed by atoms with Crippen molar-refractivity contribution in [2.45, 2.75) is 63.5 Å². The average Bonchev–Trinajstić information content (AvgIpc) is 3.18. The number of carbonyl (C=O) groups is 1. The minimum absolute atomic E-state index is 0.0156. The summed E-state index contributed by atoms with van der Waals surface area (Å²) in [6.07, 6.45) is 3.40. The Morgan fingerprint density at radius 3 is 2.59 bits per heavy atom. The molecule has 3 aromatic heterocycles. The van der Waals surface area contributed by atoms with Gasteiger partial charge in [0.05, 0.1) is 41.2 Å². The Bertz CT molecular complexity index is 1500. The van der Waals surface area contributed by atoms with Crippen molar-refractivity contribution in [2.75, 3.05) is 31.1 Å². The molecule has 220 valence electrons. The molecular formula is C28H34F2N6O4S. The fraction of sp³-hybridized carbons (Fsp3) is 0.500. The van der Waals surface area contributed by atoms with Gasteiger partial charge in [0.2, 0.25) is 5.91 Å². The van der Waals surface area contributed by atoms with Crippen molar-refractivity contribution in [3.8, 4) is 11.4 Å². The van der Waals surface area contributed by atoms with Gasteiger partial charge in [0.1, 0.15) is 5.82 Å². The van der Waals surface area contributed by atoms with Crippen molar-refractivity contribution in [2.24, 2.45) is 0 Å². The number of anilines is 1. The number of rotatable bonds is 7. The second kappa shape index (κ2) is 12.3. The highest BCUT2D eigenvalue weighted by Crippen LogP contribution is 2.24. The van der Waals surface area contributed by atoms with Crippen LogP contribution in [-0.2, 0) is 26.0 Å². The minimum atomic E-state index is -4.70. The van der Waals surface area contributed by atoms with Crippen molar-refractivity contribution >= 4 is 32.7 Å². The van der Waals surface area contributed by atoms with Crippen LogP contribution in [-0.4, -0.2) is 83.8 Å². The molecular weight excluding hydrogens is 554 g/mol. The van der Waals surface area contributed by atoms with Crippen LogP contribution in [0, 0.1) is 0 Å². The van der Waals surface area contributed by atoms with Gasteiger partial charge in [0, 0.05) is 43.8 Å². The van der Waals surface area contributed by atoms with Gasteiger partial charge in [0.15, 0.2) is 0 Å². The van der Waals surface area contributed by atoms with Gasteiger partial charge in [-0.2, -0.15) is 13.1 Å². The minimum Gasteiger partial charge on any atom is -0.372 e. The lowest BCUT2D eigenvalue weighted by molar-refractivity contribution is -0.121. The number of halogens is 2. The van der Waals surface area contributed by atoms with Gasteiger partial charge in [0.25, 0.3) is 10.0 Å². The summed E-state index contributed by atoms with van der Waals surface area (Å²) >= 11 is 0. The third-order valence-electron chi connectivity index (χ3n) is 7.30. The van der Waals surface area contributed by atoms with E-state index in [1.807, 2.05) is 44.2 Å². The van der Waals surface area contributed by atoms with Crippen molar-refractivity contribution in [1.29, 1.82) is 0 Å².